The second-order valence-electron chi connectivity index (χ2n) is 4.04. The van der Waals surface area contributed by atoms with Crippen molar-refractivity contribution in [2.75, 3.05) is 0 Å². The molecule has 2 heterocycles. The van der Waals surface area contributed by atoms with E-state index in [1.165, 1.54) is 0 Å². The molecule has 16 heavy (non-hydrogen) atoms. The maximum Gasteiger partial charge on any atom is 0.194 e. The third kappa shape index (κ3) is 1.86. The second kappa shape index (κ2) is 4.09. The fourth-order valence-electron chi connectivity index (χ4n) is 1.47. The highest BCUT2D eigenvalue weighted by molar-refractivity contribution is 5.47. The Morgan fingerprint density at radius 3 is 2.69 bits per heavy atom. The molecule has 2 rings (SSSR count). The van der Waals surface area contributed by atoms with E-state index in [4.69, 9.17) is 10.2 Å². The molecule has 0 spiro atoms. The largest absolute Gasteiger partial charge is 0.456 e. The maximum atomic E-state index is 5.54. The number of aromatic nitrogens is 3. The van der Waals surface area contributed by atoms with Gasteiger partial charge in [-0.05, 0) is 12.1 Å². The molecular formula is C11H16N4O. The first-order chi connectivity index (χ1) is 7.61. The summed E-state index contributed by atoms with van der Waals surface area (Å²) in [6.45, 7) is 4.52. The highest BCUT2D eigenvalue weighted by atomic mass is 16.3. The number of hydrogen-bond acceptors (Lipinski definition) is 4. The van der Waals surface area contributed by atoms with Gasteiger partial charge >= 0.3 is 0 Å². The van der Waals surface area contributed by atoms with Gasteiger partial charge in [-0.1, -0.05) is 13.8 Å². The van der Waals surface area contributed by atoms with E-state index in [0.717, 1.165) is 17.4 Å². The average molecular weight is 220 g/mol. The summed E-state index contributed by atoms with van der Waals surface area (Å²) in [5, 5.41) is 4.34. The molecule has 2 N–H and O–H groups in total. The minimum atomic E-state index is 0.309. The van der Waals surface area contributed by atoms with Gasteiger partial charge in [0.25, 0.3) is 0 Å². The van der Waals surface area contributed by atoms with Gasteiger partial charge in [-0.3, -0.25) is 0 Å². The number of aryl methyl sites for hydroxylation is 1. The van der Waals surface area contributed by atoms with Crippen LogP contribution in [0.15, 0.2) is 16.5 Å². The van der Waals surface area contributed by atoms with E-state index in [1.807, 2.05) is 19.2 Å². The first-order valence-electron chi connectivity index (χ1n) is 5.32. The molecule has 0 bridgehead atoms. The predicted molar refractivity (Wildman–Crippen MR) is 60.7 cm³/mol. The molecule has 0 radical (unpaired) electrons. The van der Waals surface area contributed by atoms with Gasteiger partial charge in [0, 0.05) is 13.0 Å². The molecule has 0 amide bonds. The molecule has 86 valence electrons. The lowest BCUT2D eigenvalue weighted by molar-refractivity contribution is 0.518. The molecule has 0 unspecified atom stereocenters. The predicted octanol–water partition coefficient (Wildman–Crippen LogP) is 1.66. The Morgan fingerprint density at radius 2 is 2.19 bits per heavy atom. The van der Waals surface area contributed by atoms with Crippen LogP contribution in [0, 0.1) is 0 Å². The van der Waals surface area contributed by atoms with Crippen LogP contribution in [-0.2, 0) is 13.6 Å². The maximum absolute atomic E-state index is 5.54. The Labute approximate surface area is 94.3 Å². The van der Waals surface area contributed by atoms with Crippen LogP contribution >= 0.6 is 0 Å². The van der Waals surface area contributed by atoms with Crippen LogP contribution in [0.3, 0.4) is 0 Å². The van der Waals surface area contributed by atoms with Gasteiger partial charge in [0.1, 0.15) is 5.76 Å². The number of hydrogen-bond donors (Lipinski definition) is 1. The first-order valence-corrected chi connectivity index (χ1v) is 5.32. The third-order valence-corrected chi connectivity index (χ3v) is 2.38. The van der Waals surface area contributed by atoms with Gasteiger partial charge in [-0.2, -0.15) is 5.10 Å². The van der Waals surface area contributed by atoms with Gasteiger partial charge in [0.15, 0.2) is 17.4 Å². The Hall–Kier alpha value is -1.62. The molecule has 0 aromatic carbocycles. The van der Waals surface area contributed by atoms with Crippen molar-refractivity contribution in [3.05, 3.63) is 23.7 Å². The van der Waals surface area contributed by atoms with E-state index in [9.17, 15) is 0 Å². The molecule has 0 atom stereocenters. The summed E-state index contributed by atoms with van der Waals surface area (Å²) in [5.41, 5.74) is 5.50. The molecule has 2 aromatic heterocycles. The number of rotatable bonds is 3. The van der Waals surface area contributed by atoms with Gasteiger partial charge in [0.2, 0.25) is 0 Å². The van der Waals surface area contributed by atoms with Crippen molar-refractivity contribution in [3.63, 3.8) is 0 Å². The molecule has 5 nitrogen and oxygen atoms in total. The third-order valence-electron chi connectivity index (χ3n) is 2.38. The molecule has 5 heteroatoms. The fourth-order valence-corrected chi connectivity index (χ4v) is 1.47. The van der Waals surface area contributed by atoms with Crippen molar-refractivity contribution in [1.29, 1.82) is 0 Å². The minimum absolute atomic E-state index is 0.309. The van der Waals surface area contributed by atoms with Crippen LogP contribution in [0.25, 0.3) is 11.6 Å². The normalized spacial score (nSPS) is 11.3. The quantitative estimate of drug-likeness (QED) is 0.854. The summed E-state index contributed by atoms with van der Waals surface area (Å²) in [6, 6.07) is 3.73. The SMILES string of the molecule is CC(C)c1nc(-c2ccc(CN)o2)n(C)n1. The molecule has 0 saturated carbocycles. The first kappa shape index (κ1) is 10.9. The second-order valence-corrected chi connectivity index (χ2v) is 4.04. The highest BCUT2D eigenvalue weighted by Crippen LogP contribution is 2.21. The van der Waals surface area contributed by atoms with Crippen LogP contribution in [0.2, 0.25) is 0 Å². The van der Waals surface area contributed by atoms with E-state index in [-0.39, 0.29) is 0 Å². The van der Waals surface area contributed by atoms with Gasteiger partial charge in [0.05, 0.1) is 6.54 Å². The fraction of sp³-hybridized carbons (Fsp3) is 0.455. The van der Waals surface area contributed by atoms with Crippen LogP contribution in [0.5, 0.6) is 0 Å². The highest BCUT2D eigenvalue weighted by Gasteiger charge is 2.14. The minimum Gasteiger partial charge on any atom is -0.456 e. The van der Waals surface area contributed by atoms with Crippen molar-refractivity contribution < 1.29 is 4.42 Å². The lowest BCUT2D eigenvalue weighted by Gasteiger charge is -1.94. The Morgan fingerprint density at radius 1 is 1.44 bits per heavy atom. The molecule has 0 saturated heterocycles. The van der Waals surface area contributed by atoms with Crippen molar-refractivity contribution in [3.8, 4) is 11.6 Å². The van der Waals surface area contributed by atoms with Crippen molar-refractivity contribution in [2.45, 2.75) is 26.3 Å². The summed E-state index contributed by atoms with van der Waals surface area (Å²) in [4.78, 5) is 4.44. The topological polar surface area (TPSA) is 69.9 Å². The lowest BCUT2D eigenvalue weighted by atomic mass is 10.2. The Bertz CT molecular complexity index is 484. The van der Waals surface area contributed by atoms with E-state index >= 15 is 0 Å². The lowest BCUT2D eigenvalue weighted by Crippen LogP contribution is -1.95. The number of nitrogens with two attached hydrogens (primary N) is 1. The summed E-state index contributed by atoms with van der Waals surface area (Å²) >= 11 is 0. The smallest absolute Gasteiger partial charge is 0.194 e. The van der Waals surface area contributed by atoms with Crippen LogP contribution in [0.4, 0.5) is 0 Å². The molecule has 0 aliphatic rings. The van der Waals surface area contributed by atoms with Crippen LogP contribution in [0.1, 0.15) is 31.4 Å². The summed E-state index contributed by atoms with van der Waals surface area (Å²) in [5.74, 6) is 3.34. The van der Waals surface area contributed by atoms with Gasteiger partial charge < -0.3 is 10.2 Å². The van der Waals surface area contributed by atoms with E-state index in [2.05, 4.69) is 23.9 Å². The van der Waals surface area contributed by atoms with Crippen LogP contribution in [-0.4, -0.2) is 14.8 Å². The number of furan rings is 1. The number of nitrogens with zero attached hydrogens (tertiary/aromatic N) is 3. The summed E-state index contributed by atoms with van der Waals surface area (Å²) in [6.07, 6.45) is 0. The zero-order chi connectivity index (χ0) is 11.7. The van der Waals surface area contributed by atoms with Gasteiger partial charge in [-0.25, -0.2) is 9.67 Å². The zero-order valence-electron chi connectivity index (χ0n) is 9.77. The zero-order valence-corrected chi connectivity index (χ0v) is 9.77. The monoisotopic (exact) mass is 220 g/mol. The van der Waals surface area contributed by atoms with E-state index < -0.39 is 0 Å². The summed E-state index contributed by atoms with van der Waals surface area (Å²) < 4.78 is 7.28. The molecule has 2 aromatic rings. The van der Waals surface area contributed by atoms with Crippen LogP contribution < -0.4 is 5.73 Å². The standard InChI is InChI=1S/C11H16N4O/c1-7(2)10-13-11(15(3)14-10)9-5-4-8(6-12)16-9/h4-5,7H,6,12H2,1-3H3. The molecule has 0 fully saturated rings. The Kier molecular flexibility index (Phi) is 2.78. The molecular weight excluding hydrogens is 204 g/mol. The van der Waals surface area contributed by atoms with Crippen molar-refractivity contribution in [2.24, 2.45) is 12.8 Å². The Balaban J connectivity index is 2.39. The van der Waals surface area contributed by atoms with Crippen molar-refractivity contribution in [1.82, 2.24) is 14.8 Å². The van der Waals surface area contributed by atoms with E-state index in [0.29, 0.717) is 18.2 Å². The van der Waals surface area contributed by atoms with Crippen molar-refractivity contribution >= 4 is 0 Å². The molecule has 0 aliphatic carbocycles. The van der Waals surface area contributed by atoms with Gasteiger partial charge in [-0.15, -0.1) is 0 Å². The molecule has 0 aliphatic heterocycles. The van der Waals surface area contributed by atoms with E-state index in [1.54, 1.807) is 4.68 Å². The summed E-state index contributed by atoms with van der Waals surface area (Å²) in [7, 11) is 1.86. The average Bonchev–Trinajstić information content (AvgIpc) is 2.83.